The van der Waals surface area contributed by atoms with Crippen LogP contribution in [0.15, 0.2) is 0 Å². The van der Waals surface area contributed by atoms with E-state index in [0.717, 1.165) is 77.3 Å². The van der Waals surface area contributed by atoms with Crippen LogP contribution in [-0.2, 0) is 14.3 Å². The molecule has 0 N–H and O–H groups in total. The average Bonchev–Trinajstić information content (AvgIpc) is 3.26. The molecule has 0 atom stereocenters. The zero-order valence-corrected chi connectivity index (χ0v) is 25.9. The summed E-state index contributed by atoms with van der Waals surface area (Å²) in [7, 11) is 1.40. The molecule has 0 radical (unpaired) electrons. The molecule has 4 amide bonds. The van der Waals surface area contributed by atoms with Crippen molar-refractivity contribution in [3.05, 3.63) is 0 Å². The molecule has 0 aromatic heterocycles. The molecule has 0 unspecified atom stereocenters. The van der Waals surface area contributed by atoms with Crippen LogP contribution >= 0.6 is 0 Å². The van der Waals surface area contributed by atoms with Crippen molar-refractivity contribution in [3.8, 4) is 0 Å². The van der Waals surface area contributed by atoms with E-state index in [1.54, 1.807) is 4.90 Å². The number of carbonyl (C=O) groups excluding carboxylic acids is 4. The number of ether oxygens (including phenoxy) is 1. The molecule has 0 spiro atoms. The predicted molar refractivity (Wildman–Crippen MR) is 159 cm³/mol. The molecule has 0 bridgehead atoms. The SMILES string of the molecule is CCC(=O)C1CN(C(=O)N2CCCN(C3CCC3)CC2)C1.COC(=O)C1CN(C(=O)N2CCCN(C3CCC3)CC2)C1. The van der Waals surface area contributed by atoms with E-state index in [9.17, 15) is 19.2 Å². The van der Waals surface area contributed by atoms with Gasteiger partial charge in [-0.25, -0.2) is 9.59 Å². The maximum absolute atomic E-state index is 12.5. The highest BCUT2D eigenvalue weighted by Gasteiger charge is 2.39. The number of amides is 4. The second-order valence-corrected chi connectivity index (χ2v) is 13.0. The standard InChI is InChI=1S/C16H27N3O2.C15H25N3O3/c1-2-15(20)13-11-19(12-13)16(21)18-8-4-7-17(9-10-18)14-5-3-6-14;1-21-14(19)12-10-18(11-12)15(20)17-7-3-6-16(8-9-17)13-4-2-5-13/h13-14H,2-12H2,1H3;12-13H,2-11H2,1H3. The van der Waals surface area contributed by atoms with Gasteiger partial charge in [-0.15, -0.1) is 0 Å². The zero-order chi connectivity index (χ0) is 29.6. The van der Waals surface area contributed by atoms with Gasteiger partial charge in [0.05, 0.1) is 18.9 Å². The lowest BCUT2D eigenvalue weighted by Crippen LogP contribution is -2.57. The van der Waals surface area contributed by atoms with E-state index >= 15 is 0 Å². The molecule has 4 heterocycles. The maximum Gasteiger partial charge on any atom is 0.320 e. The van der Waals surface area contributed by atoms with Gasteiger partial charge in [0.1, 0.15) is 5.78 Å². The van der Waals surface area contributed by atoms with Crippen molar-refractivity contribution >= 4 is 23.8 Å². The predicted octanol–water partition coefficient (Wildman–Crippen LogP) is 2.35. The summed E-state index contributed by atoms with van der Waals surface area (Å²) in [5.41, 5.74) is 0. The Bertz CT molecular complexity index is 883. The molecule has 2 aliphatic carbocycles. The van der Waals surface area contributed by atoms with Crippen molar-refractivity contribution in [3.63, 3.8) is 0 Å². The Morgan fingerprint density at radius 2 is 1.02 bits per heavy atom. The Balaban J connectivity index is 0.000000168. The van der Waals surface area contributed by atoms with Crippen molar-refractivity contribution in [1.29, 1.82) is 0 Å². The van der Waals surface area contributed by atoms with Crippen molar-refractivity contribution in [2.45, 2.75) is 76.8 Å². The van der Waals surface area contributed by atoms with Gasteiger partial charge in [0.25, 0.3) is 0 Å². The van der Waals surface area contributed by atoms with Crippen LogP contribution in [0.1, 0.15) is 64.7 Å². The molecule has 0 aromatic carbocycles. The van der Waals surface area contributed by atoms with Crippen LogP contribution in [0.2, 0.25) is 0 Å². The first kappa shape index (κ1) is 31.0. The van der Waals surface area contributed by atoms with Gasteiger partial charge in [-0.2, -0.15) is 0 Å². The molecular weight excluding hydrogens is 536 g/mol. The van der Waals surface area contributed by atoms with E-state index in [-0.39, 0.29) is 29.9 Å². The van der Waals surface area contributed by atoms with Crippen molar-refractivity contribution < 1.29 is 23.9 Å². The molecule has 0 aromatic rings. The molecule has 6 rings (SSSR count). The molecule has 11 nitrogen and oxygen atoms in total. The molecule has 6 aliphatic rings. The maximum atomic E-state index is 12.5. The highest BCUT2D eigenvalue weighted by molar-refractivity contribution is 5.85. The fourth-order valence-electron chi connectivity index (χ4n) is 6.97. The Labute approximate surface area is 251 Å². The minimum Gasteiger partial charge on any atom is -0.469 e. The lowest BCUT2D eigenvalue weighted by molar-refractivity contribution is -0.150. The zero-order valence-electron chi connectivity index (χ0n) is 25.9. The summed E-state index contributed by atoms with van der Waals surface area (Å²) in [5, 5.41) is 0. The van der Waals surface area contributed by atoms with Gasteiger partial charge in [0, 0.05) is 97.0 Å². The number of urea groups is 2. The van der Waals surface area contributed by atoms with Gasteiger partial charge in [-0.05, 0) is 38.5 Å². The third kappa shape index (κ3) is 7.21. The van der Waals surface area contributed by atoms with Gasteiger partial charge in [0.15, 0.2) is 0 Å². The summed E-state index contributed by atoms with van der Waals surface area (Å²) in [5.74, 6) is 0.0620. The number of likely N-dealkylation sites (tertiary alicyclic amines) is 2. The molecule has 236 valence electrons. The molecular formula is C31H52N6O5. The van der Waals surface area contributed by atoms with E-state index in [1.807, 2.05) is 21.6 Å². The van der Waals surface area contributed by atoms with E-state index < -0.39 is 0 Å². The number of methoxy groups -OCH3 is 1. The van der Waals surface area contributed by atoms with Gasteiger partial charge in [-0.1, -0.05) is 19.8 Å². The third-order valence-electron chi connectivity index (χ3n) is 10.4. The van der Waals surface area contributed by atoms with Crippen LogP contribution in [0, 0.1) is 11.8 Å². The van der Waals surface area contributed by atoms with Crippen molar-refractivity contribution in [2.75, 3.05) is 85.6 Å². The molecule has 11 heteroatoms. The Hall–Kier alpha value is -2.40. The fourth-order valence-corrected chi connectivity index (χ4v) is 6.97. The molecule has 4 saturated heterocycles. The number of carbonyl (C=O) groups is 4. The first-order valence-corrected chi connectivity index (χ1v) is 16.5. The van der Waals surface area contributed by atoms with E-state index in [1.165, 1.54) is 45.6 Å². The van der Waals surface area contributed by atoms with Crippen molar-refractivity contribution in [1.82, 2.24) is 29.4 Å². The number of ketones is 1. The van der Waals surface area contributed by atoms with Crippen LogP contribution in [0.3, 0.4) is 0 Å². The van der Waals surface area contributed by atoms with Gasteiger partial charge in [-0.3, -0.25) is 19.4 Å². The third-order valence-corrected chi connectivity index (χ3v) is 10.4. The topological polar surface area (TPSA) is 96.9 Å². The number of nitrogens with zero attached hydrogens (tertiary/aromatic N) is 6. The Morgan fingerprint density at radius 1 is 0.571 bits per heavy atom. The summed E-state index contributed by atoms with van der Waals surface area (Å²) in [6.45, 7) is 11.8. The Kier molecular flexibility index (Phi) is 10.6. The lowest BCUT2D eigenvalue weighted by Gasteiger charge is -2.41. The molecule has 4 aliphatic heterocycles. The second kappa shape index (κ2) is 14.4. The van der Waals surface area contributed by atoms with Gasteiger partial charge < -0.3 is 24.3 Å². The quantitative estimate of drug-likeness (QED) is 0.455. The first-order valence-electron chi connectivity index (χ1n) is 16.5. The molecule has 42 heavy (non-hydrogen) atoms. The minimum absolute atomic E-state index is 0.0885. The summed E-state index contributed by atoms with van der Waals surface area (Å²) in [6.07, 6.45) is 10.7. The van der Waals surface area contributed by atoms with Crippen LogP contribution in [-0.4, -0.2) is 151 Å². The van der Waals surface area contributed by atoms with Crippen LogP contribution in [0.4, 0.5) is 9.59 Å². The lowest BCUT2D eigenvalue weighted by atomic mass is 9.91. The molecule has 2 saturated carbocycles. The number of esters is 1. The van der Waals surface area contributed by atoms with Crippen molar-refractivity contribution in [2.24, 2.45) is 11.8 Å². The van der Waals surface area contributed by atoms with E-state index in [0.29, 0.717) is 38.4 Å². The molecule has 6 fully saturated rings. The van der Waals surface area contributed by atoms with Gasteiger partial charge in [0.2, 0.25) is 0 Å². The normalized spacial score (nSPS) is 25.1. The first-order chi connectivity index (χ1) is 20.4. The Morgan fingerprint density at radius 3 is 1.40 bits per heavy atom. The number of hydrogen-bond acceptors (Lipinski definition) is 7. The summed E-state index contributed by atoms with van der Waals surface area (Å²) in [6, 6.07) is 1.76. The summed E-state index contributed by atoms with van der Waals surface area (Å²) in [4.78, 5) is 60.5. The average molecular weight is 589 g/mol. The largest absolute Gasteiger partial charge is 0.469 e. The van der Waals surface area contributed by atoms with E-state index in [4.69, 9.17) is 4.74 Å². The monoisotopic (exact) mass is 588 g/mol. The number of Topliss-reactive ketones (excluding diaryl/α,β-unsaturated/α-hetero) is 1. The van der Waals surface area contributed by atoms with Crippen LogP contribution in [0.25, 0.3) is 0 Å². The van der Waals surface area contributed by atoms with Gasteiger partial charge >= 0.3 is 18.0 Å². The van der Waals surface area contributed by atoms with Crippen LogP contribution in [0.5, 0.6) is 0 Å². The minimum atomic E-state index is -0.203. The second-order valence-electron chi connectivity index (χ2n) is 13.0. The van der Waals surface area contributed by atoms with Crippen LogP contribution < -0.4 is 0 Å². The highest BCUT2D eigenvalue weighted by Crippen LogP contribution is 2.27. The highest BCUT2D eigenvalue weighted by atomic mass is 16.5. The van der Waals surface area contributed by atoms with E-state index in [2.05, 4.69) is 9.80 Å². The number of rotatable bonds is 5. The smallest absolute Gasteiger partial charge is 0.320 e. The fraction of sp³-hybridized carbons (Fsp3) is 0.871. The summed E-state index contributed by atoms with van der Waals surface area (Å²) < 4.78 is 4.71. The summed E-state index contributed by atoms with van der Waals surface area (Å²) >= 11 is 0. The number of hydrogen-bond donors (Lipinski definition) is 0.